The highest BCUT2D eigenvalue weighted by atomic mass is 127. The van der Waals surface area contributed by atoms with Crippen LogP contribution < -0.4 is 10.6 Å². The van der Waals surface area contributed by atoms with Gasteiger partial charge < -0.3 is 10.6 Å². The first kappa shape index (κ1) is 15.9. The fourth-order valence-electron chi connectivity index (χ4n) is 2.02. The van der Waals surface area contributed by atoms with Gasteiger partial charge in [-0.2, -0.15) is 4.98 Å². The maximum Gasteiger partial charge on any atom is 0.224 e. The van der Waals surface area contributed by atoms with E-state index in [4.69, 9.17) is 11.6 Å². The zero-order valence-corrected chi connectivity index (χ0v) is 15.1. The van der Waals surface area contributed by atoms with Gasteiger partial charge in [0, 0.05) is 34.6 Å². The van der Waals surface area contributed by atoms with E-state index in [1.54, 1.807) is 19.4 Å². The van der Waals surface area contributed by atoms with Crippen molar-refractivity contribution >= 4 is 51.6 Å². The number of hydrogen-bond acceptors (Lipinski definition) is 5. The molecule has 116 valence electrons. The summed E-state index contributed by atoms with van der Waals surface area (Å²) in [5.41, 5.74) is 2.57. The molecule has 3 rings (SSSR count). The van der Waals surface area contributed by atoms with E-state index in [1.807, 2.05) is 36.4 Å². The van der Waals surface area contributed by atoms with Crippen molar-refractivity contribution < 1.29 is 0 Å². The molecule has 0 unspecified atom stereocenters. The highest BCUT2D eigenvalue weighted by Crippen LogP contribution is 2.28. The van der Waals surface area contributed by atoms with E-state index in [1.165, 1.54) is 0 Å². The van der Waals surface area contributed by atoms with E-state index in [0.717, 1.165) is 20.5 Å². The number of hydrogen-bond donors (Lipinski definition) is 2. The van der Waals surface area contributed by atoms with Crippen LogP contribution in [0.15, 0.2) is 48.8 Å². The first-order chi connectivity index (χ1) is 11.2. The van der Waals surface area contributed by atoms with Crippen LogP contribution in [-0.4, -0.2) is 22.0 Å². The van der Waals surface area contributed by atoms with Crippen molar-refractivity contribution in [1.29, 1.82) is 0 Å². The SMILES string of the molecule is CNc1nc(Nc2ccc(I)cc2Cl)cc(-c2ccncc2)n1. The third-order valence-corrected chi connectivity index (χ3v) is 4.10. The fourth-order valence-corrected chi connectivity index (χ4v) is 2.93. The van der Waals surface area contributed by atoms with Crippen LogP contribution in [-0.2, 0) is 0 Å². The summed E-state index contributed by atoms with van der Waals surface area (Å²) in [6.07, 6.45) is 3.47. The van der Waals surface area contributed by atoms with Gasteiger partial charge in [0.2, 0.25) is 5.95 Å². The average Bonchev–Trinajstić information content (AvgIpc) is 2.58. The molecule has 0 aliphatic rings. The monoisotopic (exact) mass is 437 g/mol. The summed E-state index contributed by atoms with van der Waals surface area (Å²) < 4.78 is 1.08. The molecule has 0 spiro atoms. The van der Waals surface area contributed by atoms with Crippen LogP contribution in [0.4, 0.5) is 17.5 Å². The van der Waals surface area contributed by atoms with Crippen LogP contribution in [0.5, 0.6) is 0 Å². The van der Waals surface area contributed by atoms with Crippen molar-refractivity contribution in [1.82, 2.24) is 15.0 Å². The Hall–Kier alpha value is -1.93. The van der Waals surface area contributed by atoms with Crippen LogP contribution in [0.25, 0.3) is 11.3 Å². The summed E-state index contributed by atoms with van der Waals surface area (Å²) in [7, 11) is 1.79. The Bertz CT molecular complexity index is 826. The van der Waals surface area contributed by atoms with Crippen molar-refractivity contribution in [3.63, 3.8) is 0 Å². The number of pyridine rings is 1. The quantitative estimate of drug-likeness (QED) is 0.585. The van der Waals surface area contributed by atoms with Crippen molar-refractivity contribution in [2.75, 3.05) is 17.7 Å². The van der Waals surface area contributed by atoms with Crippen LogP contribution in [0.3, 0.4) is 0 Å². The minimum Gasteiger partial charge on any atom is -0.357 e. The highest BCUT2D eigenvalue weighted by molar-refractivity contribution is 14.1. The molecule has 23 heavy (non-hydrogen) atoms. The molecule has 5 nitrogen and oxygen atoms in total. The van der Waals surface area contributed by atoms with Crippen LogP contribution in [0.2, 0.25) is 5.02 Å². The Morgan fingerprint density at radius 1 is 1.04 bits per heavy atom. The Morgan fingerprint density at radius 3 is 2.52 bits per heavy atom. The second-order valence-electron chi connectivity index (χ2n) is 4.70. The molecular weight excluding hydrogens is 425 g/mol. The summed E-state index contributed by atoms with van der Waals surface area (Å²) in [6.45, 7) is 0. The molecular formula is C16H13ClIN5. The second-order valence-corrected chi connectivity index (χ2v) is 6.35. The summed E-state index contributed by atoms with van der Waals surface area (Å²) in [5.74, 6) is 1.20. The summed E-state index contributed by atoms with van der Waals surface area (Å²) in [4.78, 5) is 12.9. The molecule has 0 fully saturated rings. The molecule has 2 aromatic heterocycles. The standard InChI is InChI=1S/C16H13ClIN5/c1-19-16-22-14(10-4-6-20-7-5-10)9-15(23-16)21-13-3-2-11(18)8-12(13)17/h2-9H,1H3,(H2,19,21,22,23). The first-order valence-electron chi connectivity index (χ1n) is 6.85. The Kier molecular flexibility index (Phi) is 4.92. The van der Waals surface area contributed by atoms with Gasteiger partial charge in [0.25, 0.3) is 0 Å². The maximum atomic E-state index is 6.28. The number of benzene rings is 1. The van der Waals surface area contributed by atoms with E-state index in [0.29, 0.717) is 16.8 Å². The van der Waals surface area contributed by atoms with Crippen molar-refractivity contribution in [2.45, 2.75) is 0 Å². The number of nitrogens with one attached hydrogen (secondary N) is 2. The molecule has 0 atom stereocenters. The topological polar surface area (TPSA) is 62.7 Å². The molecule has 0 aliphatic carbocycles. The van der Waals surface area contributed by atoms with Gasteiger partial charge >= 0.3 is 0 Å². The number of halogens is 2. The van der Waals surface area contributed by atoms with Crippen LogP contribution >= 0.6 is 34.2 Å². The van der Waals surface area contributed by atoms with E-state index >= 15 is 0 Å². The Balaban J connectivity index is 1.99. The number of anilines is 3. The van der Waals surface area contributed by atoms with Crippen LogP contribution in [0, 0.1) is 3.57 Å². The van der Waals surface area contributed by atoms with Crippen molar-refractivity contribution in [3.05, 3.63) is 57.4 Å². The van der Waals surface area contributed by atoms with Gasteiger partial charge in [0.15, 0.2) is 0 Å². The second kappa shape index (κ2) is 7.10. The first-order valence-corrected chi connectivity index (χ1v) is 8.30. The number of aromatic nitrogens is 3. The van der Waals surface area contributed by atoms with Gasteiger partial charge in [0.1, 0.15) is 5.82 Å². The predicted octanol–water partition coefficient (Wildman–Crippen LogP) is 4.58. The normalized spacial score (nSPS) is 10.4. The van der Waals surface area contributed by atoms with Gasteiger partial charge in [0.05, 0.1) is 16.4 Å². The lowest BCUT2D eigenvalue weighted by molar-refractivity contribution is 1.15. The van der Waals surface area contributed by atoms with Crippen molar-refractivity contribution in [2.24, 2.45) is 0 Å². The minimum atomic E-state index is 0.531. The molecule has 3 aromatic rings. The summed E-state index contributed by atoms with van der Waals surface area (Å²) in [5, 5.41) is 6.86. The molecule has 0 bridgehead atoms. The average molecular weight is 438 g/mol. The zero-order valence-electron chi connectivity index (χ0n) is 12.2. The van der Waals surface area contributed by atoms with Gasteiger partial charge in [-0.05, 0) is 52.9 Å². The molecule has 0 aliphatic heterocycles. The van der Waals surface area contributed by atoms with Crippen molar-refractivity contribution in [3.8, 4) is 11.3 Å². The van der Waals surface area contributed by atoms with Gasteiger partial charge in [-0.25, -0.2) is 4.98 Å². The lowest BCUT2D eigenvalue weighted by Crippen LogP contribution is -2.02. The summed E-state index contributed by atoms with van der Waals surface area (Å²) >= 11 is 8.50. The molecule has 2 heterocycles. The van der Waals surface area contributed by atoms with Gasteiger partial charge in [-0.1, -0.05) is 11.6 Å². The van der Waals surface area contributed by atoms with E-state index in [9.17, 15) is 0 Å². The maximum absolute atomic E-state index is 6.28. The lowest BCUT2D eigenvalue weighted by Gasteiger charge is -2.11. The van der Waals surface area contributed by atoms with Crippen LogP contribution in [0.1, 0.15) is 0 Å². The number of rotatable bonds is 4. The molecule has 0 saturated heterocycles. The Labute approximate surface area is 152 Å². The van der Waals surface area contributed by atoms with E-state index in [-0.39, 0.29) is 0 Å². The molecule has 0 radical (unpaired) electrons. The highest BCUT2D eigenvalue weighted by Gasteiger charge is 2.08. The minimum absolute atomic E-state index is 0.531. The third-order valence-electron chi connectivity index (χ3n) is 3.12. The lowest BCUT2D eigenvalue weighted by atomic mass is 10.2. The van der Waals surface area contributed by atoms with E-state index in [2.05, 4.69) is 48.2 Å². The smallest absolute Gasteiger partial charge is 0.224 e. The summed E-state index contributed by atoms with van der Waals surface area (Å²) in [6, 6.07) is 11.5. The molecule has 1 aromatic carbocycles. The largest absolute Gasteiger partial charge is 0.357 e. The molecule has 2 N–H and O–H groups in total. The predicted molar refractivity (Wildman–Crippen MR) is 102 cm³/mol. The Morgan fingerprint density at radius 2 is 1.83 bits per heavy atom. The third kappa shape index (κ3) is 3.89. The van der Waals surface area contributed by atoms with E-state index < -0.39 is 0 Å². The molecule has 0 amide bonds. The van der Waals surface area contributed by atoms with Gasteiger partial charge in [-0.3, -0.25) is 4.98 Å². The zero-order chi connectivity index (χ0) is 16.2. The molecule has 7 heteroatoms. The molecule has 0 saturated carbocycles. The fraction of sp³-hybridized carbons (Fsp3) is 0.0625. The van der Waals surface area contributed by atoms with Gasteiger partial charge in [-0.15, -0.1) is 0 Å². The number of nitrogens with zero attached hydrogens (tertiary/aromatic N) is 3.